The zero-order chi connectivity index (χ0) is 19.8. The average molecular weight is 376 g/mol. The summed E-state index contributed by atoms with van der Waals surface area (Å²) in [5.74, 6) is 4.11. The summed E-state index contributed by atoms with van der Waals surface area (Å²) >= 11 is 0. The van der Waals surface area contributed by atoms with Crippen LogP contribution in [-0.2, 0) is 4.79 Å². The van der Waals surface area contributed by atoms with Gasteiger partial charge in [0.05, 0.1) is 6.54 Å². The van der Waals surface area contributed by atoms with Gasteiger partial charge in [0.2, 0.25) is 5.91 Å². The molecule has 0 saturated carbocycles. The number of anilines is 2. The molecule has 1 amide bonds. The summed E-state index contributed by atoms with van der Waals surface area (Å²) in [5.41, 5.74) is 1.41. The van der Waals surface area contributed by atoms with Gasteiger partial charge < -0.3 is 20.4 Å². The number of nitrogens with one attached hydrogen (secondary N) is 2. The van der Waals surface area contributed by atoms with Gasteiger partial charge in [-0.2, -0.15) is 0 Å². The molecule has 7 nitrogen and oxygen atoms in total. The first-order valence-corrected chi connectivity index (χ1v) is 9.17. The van der Waals surface area contributed by atoms with E-state index in [2.05, 4.69) is 36.3 Å². The standard InChI is InChI=1S/C21H24N6O/c1-3-17-7-6-8-18(15-17)25-20(28)16-24-21(22-2)27-13-11-26(12-14-27)19-9-4-5-10-23-19/h1,4-10,15H,11-14,16H2,2H3,(H,22,24)(H,25,28). The molecule has 1 aliphatic rings. The Morgan fingerprint density at radius 2 is 2.04 bits per heavy atom. The Labute approximate surface area is 165 Å². The van der Waals surface area contributed by atoms with E-state index in [1.807, 2.05) is 36.4 Å². The maximum atomic E-state index is 12.2. The molecule has 2 aromatic rings. The van der Waals surface area contributed by atoms with Crippen molar-refractivity contribution < 1.29 is 4.79 Å². The third-order valence-corrected chi connectivity index (χ3v) is 4.48. The van der Waals surface area contributed by atoms with E-state index in [-0.39, 0.29) is 12.5 Å². The number of carbonyl (C=O) groups is 1. The number of nitrogens with zero attached hydrogens (tertiary/aromatic N) is 4. The second-order valence-electron chi connectivity index (χ2n) is 6.34. The number of benzene rings is 1. The molecule has 0 bridgehead atoms. The monoisotopic (exact) mass is 376 g/mol. The molecule has 1 aliphatic heterocycles. The van der Waals surface area contributed by atoms with Gasteiger partial charge >= 0.3 is 0 Å². The first-order chi connectivity index (χ1) is 13.7. The summed E-state index contributed by atoms with van der Waals surface area (Å²) in [6.07, 6.45) is 7.20. The largest absolute Gasteiger partial charge is 0.353 e. The van der Waals surface area contributed by atoms with Crippen LogP contribution in [0.2, 0.25) is 0 Å². The third kappa shape index (κ3) is 5.01. The molecular weight excluding hydrogens is 352 g/mol. The molecule has 2 N–H and O–H groups in total. The Balaban J connectivity index is 1.48. The van der Waals surface area contributed by atoms with Gasteiger partial charge in [0.25, 0.3) is 0 Å². The first kappa shape index (κ1) is 19.2. The van der Waals surface area contributed by atoms with E-state index < -0.39 is 0 Å². The molecule has 1 fully saturated rings. The fourth-order valence-corrected chi connectivity index (χ4v) is 3.07. The van der Waals surface area contributed by atoms with Crippen molar-refractivity contribution in [1.82, 2.24) is 15.2 Å². The number of terminal acetylenes is 1. The van der Waals surface area contributed by atoms with Crippen LogP contribution in [0.5, 0.6) is 0 Å². The lowest BCUT2D eigenvalue weighted by Gasteiger charge is -2.37. The summed E-state index contributed by atoms with van der Waals surface area (Å²) in [6, 6.07) is 13.1. The Morgan fingerprint density at radius 1 is 1.21 bits per heavy atom. The van der Waals surface area contributed by atoms with E-state index in [9.17, 15) is 4.79 Å². The van der Waals surface area contributed by atoms with Crippen molar-refractivity contribution in [3.63, 3.8) is 0 Å². The minimum atomic E-state index is -0.151. The van der Waals surface area contributed by atoms with Gasteiger partial charge in [-0.25, -0.2) is 4.98 Å². The van der Waals surface area contributed by atoms with Crippen molar-refractivity contribution >= 4 is 23.4 Å². The summed E-state index contributed by atoms with van der Waals surface area (Å²) in [4.78, 5) is 25.3. The number of hydrogen-bond acceptors (Lipinski definition) is 4. The molecule has 0 unspecified atom stereocenters. The predicted molar refractivity (Wildman–Crippen MR) is 112 cm³/mol. The fourth-order valence-electron chi connectivity index (χ4n) is 3.07. The van der Waals surface area contributed by atoms with Crippen LogP contribution in [0.4, 0.5) is 11.5 Å². The quantitative estimate of drug-likeness (QED) is 0.479. The summed E-state index contributed by atoms with van der Waals surface area (Å²) in [6.45, 7) is 3.45. The number of aromatic nitrogens is 1. The number of rotatable bonds is 4. The van der Waals surface area contributed by atoms with Gasteiger partial charge in [-0.3, -0.25) is 9.79 Å². The molecule has 0 atom stereocenters. The molecule has 0 radical (unpaired) electrons. The second-order valence-corrected chi connectivity index (χ2v) is 6.34. The fraction of sp³-hybridized carbons (Fsp3) is 0.286. The van der Waals surface area contributed by atoms with Gasteiger partial charge in [0, 0.05) is 50.7 Å². The van der Waals surface area contributed by atoms with Crippen LogP contribution in [0.25, 0.3) is 0 Å². The molecule has 1 aromatic heterocycles. The number of hydrogen-bond donors (Lipinski definition) is 2. The zero-order valence-electron chi connectivity index (χ0n) is 15.9. The van der Waals surface area contributed by atoms with Gasteiger partial charge in [0.15, 0.2) is 5.96 Å². The number of piperazine rings is 1. The highest BCUT2D eigenvalue weighted by molar-refractivity contribution is 5.95. The van der Waals surface area contributed by atoms with E-state index in [0.29, 0.717) is 11.6 Å². The molecule has 0 spiro atoms. The Bertz CT molecular complexity index is 866. The second kappa shape index (κ2) is 9.42. The minimum Gasteiger partial charge on any atom is -0.353 e. The van der Waals surface area contributed by atoms with Crippen molar-refractivity contribution in [2.45, 2.75) is 0 Å². The van der Waals surface area contributed by atoms with Crippen molar-refractivity contribution in [2.24, 2.45) is 4.99 Å². The van der Waals surface area contributed by atoms with E-state index in [4.69, 9.17) is 6.42 Å². The van der Waals surface area contributed by atoms with Gasteiger partial charge in [-0.15, -0.1) is 6.42 Å². The van der Waals surface area contributed by atoms with Gasteiger partial charge in [0.1, 0.15) is 5.82 Å². The maximum Gasteiger partial charge on any atom is 0.243 e. The van der Waals surface area contributed by atoms with Crippen molar-refractivity contribution in [1.29, 1.82) is 0 Å². The number of guanidine groups is 1. The Morgan fingerprint density at radius 3 is 2.71 bits per heavy atom. The predicted octanol–water partition coefficient (Wildman–Crippen LogP) is 1.40. The number of amides is 1. The Kier molecular flexibility index (Phi) is 6.47. The molecule has 3 rings (SSSR count). The summed E-state index contributed by atoms with van der Waals surface area (Å²) < 4.78 is 0. The van der Waals surface area contributed by atoms with Crippen LogP contribution in [0.3, 0.4) is 0 Å². The maximum absolute atomic E-state index is 12.2. The number of carbonyl (C=O) groups excluding carboxylic acids is 1. The van der Waals surface area contributed by atoms with Crippen molar-refractivity contribution in [2.75, 3.05) is 50.0 Å². The highest BCUT2D eigenvalue weighted by Gasteiger charge is 2.20. The van der Waals surface area contributed by atoms with Crippen LogP contribution in [0, 0.1) is 12.3 Å². The number of aliphatic imine (C=N–C) groups is 1. The number of pyridine rings is 1. The zero-order valence-corrected chi connectivity index (χ0v) is 15.9. The molecule has 28 heavy (non-hydrogen) atoms. The van der Waals surface area contributed by atoms with E-state index in [0.717, 1.165) is 37.6 Å². The Hall–Kier alpha value is -3.53. The van der Waals surface area contributed by atoms with Crippen LogP contribution in [0.1, 0.15) is 5.56 Å². The van der Waals surface area contributed by atoms with Crippen molar-refractivity contribution in [3.8, 4) is 12.3 Å². The minimum absolute atomic E-state index is 0.132. The van der Waals surface area contributed by atoms with Crippen LogP contribution >= 0.6 is 0 Å². The summed E-state index contributed by atoms with van der Waals surface area (Å²) in [5, 5.41) is 5.97. The van der Waals surface area contributed by atoms with Gasteiger partial charge in [-0.05, 0) is 30.3 Å². The highest BCUT2D eigenvalue weighted by atomic mass is 16.1. The lowest BCUT2D eigenvalue weighted by molar-refractivity contribution is -0.115. The van der Waals surface area contributed by atoms with Crippen molar-refractivity contribution in [3.05, 3.63) is 54.2 Å². The molecule has 2 heterocycles. The average Bonchev–Trinajstić information content (AvgIpc) is 2.75. The molecule has 1 saturated heterocycles. The lowest BCUT2D eigenvalue weighted by atomic mass is 10.2. The molecule has 0 aliphatic carbocycles. The molecule has 7 heteroatoms. The van der Waals surface area contributed by atoms with E-state index in [1.54, 1.807) is 19.3 Å². The lowest BCUT2D eigenvalue weighted by Crippen LogP contribution is -2.53. The first-order valence-electron chi connectivity index (χ1n) is 9.17. The van der Waals surface area contributed by atoms with E-state index >= 15 is 0 Å². The molecule has 144 valence electrons. The smallest absolute Gasteiger partial charge is 0.243 e. The highest BCUT2D eigenvalue weighted by Crippen LogP contribution is 2.12. The molecule has 1 aromatic carbocycles. The van der Waals surface area contributed by atoms with Crippen LogP contribution in [0.15, 0.2) is 53.7 Å². The topological polar surface area (TPSA) is 72.9 Å². The van der Waals surface area contributed by atoms with E-state index in [1.165, 1.54) is 0 Å². The normalized spacial score (nSPS) is 14.4. The van der Waals surface area contributed by atoms with Crippen LogP contribution in [-0.4, -0.2) is 61.5 Å². The third-order valence-electron chi connectivity index (χ3n) is 4.48. The molecular formula is C21H24N6O. The summed E-state index contributed by atoms with van der Waals surface area (Å²) in [7, 11) is 1.72. The van der Waals surface area contributed by atoms with Gasteiger partial charge in [-0.1, -0.05) is 18.1 Å². The van der Waals surface area contributed by atoms with Crippen LogP contribution < -0.4 is 15.5 Å². The SMILES string of the molecule is C#Cc1cccc(NC(=O)CNC(=NC)N2CCN(c3ccccn3)CC2)c1.